The summed E-state index contributed by atoms with van der Waals surface area (Å²) in [4.78, 5) is 32.2. The van der Waals surface area contributed by atoms with Crippen molar-refractivity contribution in [1.29, 1.82) is 0 Å². The molecule has 0 bridgehead atoms. The van der Waals surface area contributed by atoms with Gasteiger partial charge in [0.2, 0.25) is 5.91 Å². The van der Waals surface area contributed by atoms with Gasteiger partial charge in [-0.3, -0.25) is 14.2 Å². The number of hydrogen-bond acceptors (Lipinski definition) is 4. The largest absolute Gasteiger partial charge is 0.348 e. The van der Waals surface area contributed by atoms with E-state index < -0.39 is 5.25 Å². The third kappa shape index (κ3) is 4.08. The molecule has 3 rings (SSSR count). The summed E-state index contributed by atoms with van der Waals surface area (Å²) in [5.41, 5.74) is 1.26. The summed E-state index contributed by atoms with van der Waals surface area (Å²) >= 11 is 7.39. The summed E-state index contributed by atoms with van der Waals surface area (Å²) in [5.74, 6) is -0.0630. The van der Waals surface area contributed by atoms with Gasteiger partial charge in [0, 0.05) is 25.2 Å². The summed E-state index contributed by atoms with van der Waals surface area (Å²) in [6, 6.07) is 14.5. The van der Waals surface area contributed by atoms with Crippen LogP contribution in [0, 0.1) is 0 Å². The monoisotopic (exact) mass is 415 g/mol. The second kappa shape index (κ2) is 8.37. The number of likely N-dealkylation sites (N-methyl/N-ethyl adjacent to an activating group) is 1. The van der Waals surface area contributed by atoms with Crippen molar-refractivity contribution in [2.45, 2.75) is 30.3 Å². The number of fused-ring (bicyclic) bond motifs is 1. The molecule has 2 aromatic carbocycles. The average Bonchev–Trinajstić information content (AvgIpc) is 2.65. The topological polar surface area (TPSA) is 55.2 Å². The molecule has 28 heavy (non-hydrogen) atoms. The fourth-order valence-electron chi connectivity index (χ4n) is 2.92. The molecule has 0 radical (unpaired) electrons. The molecule has 0 aliphatic heterocycles. The molecule has 1 heterocycles. The molecule has 0 saturated carbocycles. The van der Waals surface area contributed by atoms with Gasteiger partial charge in [-0.15, -0.1) is 0 Å². The highest BCUT2D eigenvalue weighted by Gasteiger charge is 2.27. The van der Waals surface area contributed by atoms with Crippen molar-refractivity contribution >= 4 is 40.2 Å². The number of nitrogens with zero attached hydrogens (tertiary/aromatic N) is 3. The average molecular weight is 416 g/mol. The Labute approximate surface area is 173 Å². The van der Waals surface area contributed by atoms with Crippen molar-refractivity contribution in [3.8, 4) is 0 Å². The highest BCUT2D eigenvalue weighted by atomic mass is 35.5. The number of amides is 1. The first-order valence-corrected chi connectivity index (χ1v) is 10.2. The second-order valence-electron chi connectivity index (χ2n) is 6.97. The van der Waals surface area contributed by atoms with Crippen molar-refractivity contribution < 1.29 is 4.79 Å². The normalized spacial score (nSPS) is 12.4. The molecule has 3 aromatic rings. The number of halogens is 1. The van der Waals surface area contributed by atoms with Gasteiger partial charge in [0.05, 0.1) is 10.9 Å². The predicted octanol–water partition coefficient (Wildman–Crippen LogP) is 4.55. The van der Waals surface area contributed by atoms with Crippen LogP contribution in [0.1, 0.15) is 30.7 Å². The van der Waals surface area contributed by atoms with Crippen LogP contribution in [0.4, 0.5) is 0 Å². The highest BCUT2D eigenvalue weighted by molar-refractivity contribution is 8.00. The van der Waals surface area contributed by atoms with Gasteiger partial charge in [0.15, 0.2) is 5.16 Å². The Kier molecular flexibility index (Phi) is 6.10. The number of carbonyl (C=O) groups excluding carboxylic acids is 1. The maximum atomic E-state index is 13.1. The Bertz CT molecular complexity index is 1060. The van der Waals surface area contributed by atoms with Crippen LogP contribution in [0.15, 0.2) is 58.5 Å². The first kappa shape index (κ1) is 20.4. The number of hydrogen-bond donors (Lipinski definition) is 0. The lowest BCUT2D eigenvalue weighted by Gasteiger charge is -2.23. The van der Waals surface area contributed by atoms with Crippen molar-refractivity contribution in [2.24, 2.45) is 0 Å². The summed E-state index contributed by atoms with van der Waals surface area (Å²) in [6.07, 6.45) is 0. The molecule has 0 spiro atoms. The molecule has 1 amide bonds. The molecule has 0 aliphatic rings. The standard InChI is InChI=1S/C21H22ClN3O2S/c1-13(2)25-19(26)16-11-10-15(22)12-17(16)23-21(25)28-18(20(27)24(3)4)14-8-6-5-7-9-14/h5-13,18H,1-4H3/t18-/m0/s1. The zero-order chi connectivity index (χ0) is 20.4. The summed E-state index contributed by atoms with van der Waals surface area (Å²) in [6.45, 7) is 3.86. The van der Waals surface area contributed by atoms with E-state index in [2.05, 4.69) is 0 Å². The minimum absolute atomic E-state index is 0.0630. The molecule has 1 aromatic heterocycles. The van der Waals surface area contributed by atoms with E-state index in [0.717, 1.165) is 5.56 Å². The summed E-state index contributed by atoms with van der Waals surface area (Å²) in [7, 11) is 3.45. The van der Waals surface area contributed by atoms with E-state index in [1.165, 1.54) is 11.8 Å². The number of benzene rings is 2. The Balaban J connectivity index is 2.18. The van der Waals surface area contributed by atoms with Gasteiger partial charge < -0.3 is 4.90 Å². The van der Waals surface area contributed by atoms with E-state index >= 15 is 0 Å². The zero-order valence-corrected chi connectivity index (χ0v) is 17.8. The van der Waals surface area contributed by atoms with Crippen LogP contribution < -0.4 is 5.56 Å². The molecule has 0 aliphatic carbocycles. The lowest BCUT2D eigenvalue weighted by molar-refractivity contribution is -0.128. The molecular formula is C21H22ClN3O2S. The number of rotatable bonds is 5. The van der Waals surface area contributed by atoms with E-state index in [9.17, 15) is 9.59 Å². The molecule has 0 N–H and O–H groups in total. The molecule has 5 nitrogen and oxygen atoms in total. The van der Waals surface area contributed by atoms with Crippen molar-refractivity contribution in [3.63, 3.8) is 0 Å². The molecular weight excluding hydrogens is 394 g/mol. The summed E-state index contributed by atoms with van der Waals surface area (Å²) in [5, 5.41) is 1.02. The fourth-order valence-corrected chi connectivity index (χ4v) is 4.46. The SMILES string of the molecule is CC(C)n1c(S[C@H](C(=O)N(C)C)c2ccccc2)nc2cc(Cl)ccc2c1=O. The van der Waals surface area contributed by atoms with Gasteiger partial charge in [-0.1, -0.05) is 53.7 Å². The van der Waals surface area contributed by atoms with Crippen LogP contribution in [0.3, 0.4) is 0 Å². The van der Waals surface area contributed by atoms with Gasteiger partial charge in [-0.05, 0) is 37.6 Å². The van der Waals surface area contributed by atoms with Crippen molar-refractivity contribution in [1.82, 2.24) is 14.5 Å². The first-order valence-electron chi connectivity index (χ1n) is 8.94. The van der Waals surface area contributed by atoms with E-state index in [1.807, 2.05) is 44.2 Å². The smallest absolute Gasteiger partial charge is 0.262 e. The third-order valence-electron chi connectivity index (χ3n) is 4.34. The minimum Gasteiger partial charge on any atom is -0.348 e. The number of thioether (sulfide) groups is 1. The van der Waals surface area contributed by atoms with E-state index in [4.69, 9.17) is 16.6 Å². The molecule has 0 unspecified atom stereocenters. The van der Waals surface area contributed by atoms with Crippen LogP contribution in [-0.2, 0) is 4.79 Å². The van der Waals surface area contributed by atoms with Gasteiger partial charge >= 0.3 is 0 Å². The van der Waals surface area contributed by atoms with Gasteiger partial charge in [-0.2, -0.15) is 0 Å². The van der Waals surface area contributed by atoms with Gasteiger partial charge in [-0.25, -0.2) is 4.98 Å². The Morgan fingerprint density at radius 3 is 2.43 bits per heavy atom. The van der Waals surface area contributed by atoms with Crippen LogP contribution in [0.5, 0.6) is 0 Å². The first-order chi connectivity index (χ1) is 13.3. The fraction of sp³-hybridized carbons (Fsp3) is 0.286. The Hall–Kier alpha value is -2.31. The lowest BCUT2D eigenvalue weighted by Crippen LogP contribution is -2.29. The maximum Gasteiger partial charge on any atom is 0.262 e. The van der Waals surface area contributed by atoms with E-state index in [1.54, 1.807) is 41.8 Å². The van der Waals surface area contributed by atoms with Crippen LogP contribution >= 0.6 is 23.4 Å². The lowest BCUT2D eigenvalue weighted by atomic mass is 10.1. The zero-order valence-electron chi connectivity index (χ0n) is 16.2. The quantitative estimate of drug-likeness (QED) is 0.453. The van der Waals surface area contributed by atoms with Crippen LogP contribution in [0.2, 0.25) is 5.02 Å². The second-order valence-corrected chi connectivity index (χ2v) is 8.47. The highest BCUT2D eigenvalue weighted by Crippen LogP contribution is 2.36. The Morgan fingerprint density at radius 1 is 1.14 bits per heavy atom. The number of aromatic nitrogens is 2. The maximum absolute atomic E-state index is 13.1. The van der Waals surface area contributed by atoms with Crippen LogP contribution in [0.25, 0.3) is 10.9 Å². The predicted molar refractivity (Wildman–Crippen MR) is 115 cm³/mol. The molecule has 0 saturated heterocycles. The third-order valence-corrected chi connectivity index (χ3v) is 5.78. The molecule has 7 heteroatoms. The number of carbonyl (C=O) groups is 1. The van der Waals surface area contributed by atoms with Crippen LogP contribution in [-0.4, -0.2) is 34.5 Å². The molecule has 0 fully saturated rings. The molecule has 146 valence electrons. The van der Waals surface area contributed by atoms with Crippen molar-refractivity contribution in [2.75, 3.05) is 14.1 Å². The van der Waals surface area contributed by atoms with Crippen molar-refractivity contribution in [3.05, 3.63) is 69.5 Å². The Morgan fingerprint density at radius 2 is 1.82 bits per heavy atom. The minimum atomic E-state index is -0.510. The van der Waals surface area contributed by atoms with Gasteiger partial charge in [0.25, 0.3) is 5.56 Å². The van der Waals surface area contributed by atoms with E-state index in [-0.39, 0.29) is 17.5 Å². The summed E-state index contributed by atoms with van der Waals surface area (Å²) < 4.78 is 1.64. The molecule has 1 atom stereocenters. The van der Waals surface area contributed by atoms with Gasteiger partial charge in [0.1, 0.15) is 5.25 Å². The van der Waals surface area contributed by atoms with E-state index in [0.29, 0.717) is 21.1 Å².